The van der Waals surface area contributed by atoms with Crippen LogP contribution in [0.5, 0.6) is 0 Å². The lowest BCUT2D eigenvalue weighted by atomic mass is 9.93. The number of nitrogens with zero attached hydrogens (tertiary/aromatic N) is 2. The van der Waals surface area contributed by atoms with Gasteiger partial charge in [0.25, 0.3) is 0 Å². The number of quaternary nitrogens is 1. The number of carbonyl (C=O) groups excluding carboxylic acids is 1. The van der Waals surface area contributed by atoms with Gasteiger partial charge in [0.2, 0.25) is 5.91 Å². The highest BCUT2D eigenvalue weighted by molar-refractivity contribution is 7.14. The Bertz CT molecular complexity index is 948. The lowest BCUT2D eigenvalue weighted by molar-refractivity contribution is -0.717. The number of aromatic nitrogens is 1. The van der Waals surface area contributed by atoms with Crippen molar-refractivity contribution in [1.82, 2.24) is 4.98 Å². The summed E-state index contributed by atoms with van der Waals surface area (Å²) >= 11 is 1.52. The molecular formula is C25H32N3OS+. The molecule has 0 radical (unpaired) electrons. The molecule has 0 unspecified atom stereocenters. The van der Waals surface area contributed by atoms with Gasteiger partial charge in [-0.15, -0.1) is 11.3 Å². The van der Waals surface area contributed by atoms with Crippen molar-refractivity contribution in [2.24, 2.45) is 5.92 Å². The van der Waals surface area contributed by atoms with Gasteiger partial charge in [0.15, 0.2) is 5.13 Å². The van der Waals surface area contributed by atoms with Crippen LogP contribution in [-0.4, -0.2) is 10.9 Å². The molecule has 0 aliphatic heterocycles. The predicted molar refractivity (Wildman–Crippen MR) is 125 cm³/mol. The fourth-order valence-electron chi connectivity index (χ4n) is 3.64. The maximum atomic E-state index is 12.3. The number of thiazole rings is 1. The molecule has 4 nitrogen and oxygen atoms in total. The molecule has 3 aromatic rings. The molecule has 158 valence electrons. The summed E-state index contributed by atoms with van der Waals surface area (Å²) in [5.74, 6) is 1.02. The number of rotatable bonds is 8. The molecule has 30 heavy (non-hydrogen) atoms. The van der Waals surface area contributed by atoms with Crippen molar-refractivity contribution in [1.29, 1.82) is 0 Å². The van der Waals surface area contributed by atoms with E-state index in [1.54, 1.807) is 11.8 Å². The third kappa shape index (κ3) is 5.35. The molecule has 5 heteroatoms. The zero-order valence-corrected chi connectivity index (χ0v) is 19.3. The summed E-state index contributed by atoms with van der Waals surface area (Å²) in [5, 5.41) is 5.14. The van der Waals surface area contributed by atoms with Crippen molar-refractivity contribution >= 4 is 28.1 Å². The smallest absolute Gasteiger partial charge is 0.230 e. The first-order valence-electron chi connectivity index (χ1n) is 10.6. The molecule has 1 amide bonds. The molecule has 0 fully saturated rings. The van der Waals surface area contributed by atoms with Gasteiger partial charge in [-0.1, -0.05) is 70.2 Å². The Morgan fingerprint density at radius 1 is 1.00 bits per heavy atom. The molecule has 2 aromatic carbocycles. The largest absolute Gasteiger partial charge is 0.335 e. The van der Waals surface area contributed by atoms with Crippen molar-refractivity contribution in [2.75, 3.05) is 4.90 Å². The fraction of sp³-hybridized carbons (Fsp3) is 0.360. The number of hydrogen-bond acceptors (Lipinski definition) is 3. The second kappa shape index (κ2) is 10.0. The molecule has 2 N–H and O–H groups in total. The summed E-state index contributed by atoms with van der Waals surface area (Å²) in [7, 11) is 0. The summed E-state index contributed by atoms with van der Waals surface area (Å²) in [4.78, 5) is 18.7. The lowest BCUT2D eigenvalue weighted by Gasteiger charge is -2.20. The van der Waals surface area contributed by atoms with E-state index in [9.17, 15) is 4.79 Å². The van der Waals surface area contributed by atoms with Crippen LogP contribution in [0, 0.1) is 5.92 Å². The maximum absolute atomic E-state index is 12.3. The van der Waals surface area contributed by atoms with Gasteiger partial charge in [0, 0.05) is 23.8 Å². The number of amides is 1. The first-order valence-corrected chi connectivity index (χ1v) is 11.5. The zero-order chi connectivity index (χ0) is 21.7. The monoisotopic (exact) mass is 422 g/mol. The van der Waals surface area contributed by atoms with Crippen LogP contribution in [0.15, 0.2) is 60.0 Å². The standard InChI is InChI=1S/C25H31N3OS/c1-17(2)20-11-13-21(14-12-20)24(18(3)4)26-15-22-16-30-25(27-22)28(19(5)29)23-9-7-6-8-10-23/h6-14,16-18,24,26H,15H2,1-5H3/p+1/t24-/m0/s1. The van der Waals surface area contributed by atoms with E-state index in [1.165, 1.54) is 22.5 Å². The van der Waals surface area contributed by atoms with Crippen molar-refractivity contribution in [3.8, 4) is 0 Å². The van der Waals surface area contributed by atoms with Crippen molar-refractivity contribution in [3.63, 3.8) is 0 Å². The highest BCUT2D eigenvalue weighted by atomic mass is 32.1. The van der Waals surface area contributed by atoms with E-state index in [2.05, 4.69) is 62.7 Å². The Labute approximate surface area is 184 Å². The topological polar surface area (TPSA) is 49.8 Å². The Morgan fingerprint density at radius 3 is 2.20 bits per heavy atom. The van der Waals surface area contributed by atoms with Gasteiger partial charge in [-0.25, -0.2) is 4.98 Å². The zero-order valence-electron chi connectivity index (χ0n) is 18.5. The van der Waals surface area contributed by atoms with Crippen LogP contribution in [0.25, 0.3) is 0 Å². The van der Waals surface area contributed by atoms with Gasteiger partial charge in [0.05, 0.1) is 5.69 Å². The van der Waals surface area contributed by atoms with Gasteiger partial charge in [-0.2, -0.15) is 0 Å². The van der Waals surface area contributed by atoms with E-state index < -0.39 is 0 Å². The van der Waals surface area contributed by atoms with Crippen LogP contribution in [0.2, 0.25) is 0 Å². The van der Waals surface area contributed by atoms with E-state index in [0.717, 1.165) is 23.1 Å². The normalized spacial score (nSPS) is 12.4. The molecule has 1 heterocycles. The lowest BCUT2D eigenvalue weighted by Crippen LogP contribution is -2.84. The Hall–Kier alpha value is -2.50. The van der Waals surface area contributed by atoms with Crippen LogP contribution in [-0.2, 0) is 11.3 Å². The van der Waals surface area contributed by atoms with Crippen molar-refractivity contribution < 1.29 is 10.1 Å². The quantitative estimate of drug-likeness (QED) is 0.527. The highest BCUT2D eigenvalue weighted by Crippen LogP contribution is 2.28. The highest BCUT2D eigenvalue weighted by Gasteiger charge is 2.22. The number of nitrogens with two attached hydrogens (primary N) is 1. The van der Waals surface area contributed by atoms with Crippen molar-refractivity contribution in [2.45, 2.75) is 53.1 Å². The van der Waals surface area contributed by atoms with Gasteiger partial charge in [-0.3, -0.25) is 9.69 Å². The molecule has 0 saturated carbocycles. The summed E-state index contributed by atoms with van der Waals surface area (Å²) in [6.45, 7) is 11.3. The third-order valence-corrected chi connectivity index (χ3v) is 6.22. The van der Waals surface area contributed by atoms with E-state index >= 15 is 0 Å². The average Bonchev–Trinajstić information content (AvgIpc) is 3.17. The summed E-state index contributed by atoms with van der Waals surface area (Å²) in [5.41, 5.74) is 4.57. The number of hydrogen-bond donors (Lipinski definition) is 1. The molecule has 0 aliphatic rings. The van der Waals surface area contributed by atoms with Crippen molar-refractivity contribution in [3.05, 3.63) is 76.8 Å². The Morgan fingerprint density at radius 2 is 1.63 bits per heavy atom. The number of benzene rings is 2. The number of para-hydroxylation sites is 1. The molecule has 1 aromatic heterocycles. The predicted octanol–water partition coefficient (Wildman–Crippen LogP) is 5.41. The molecular weight excluding hydrogens is 390 g/mol. The van der Waals surface area contributed by atoms with Gasteiger partial charge in [-0.05, 0) is 23.6 Å². The summed E-state index contributed by atoms with van der Waals surface area (Å²) in [6, 6.07) is 19.1. The summed E-state index contributed by atoms with van der Waals surface area (Å²) < 4.78 is 0. The van der Waals surface area contributed by atoms with Crippen LogP contribution < -0.4 is 10.2 Å². The minimum Gasteiger partial charge on any atom is -0.335 e. The van der Waals surface area contributed by atoms with E-state index in [-0.39, 0.29) is 5.91 Å². The molecule has 0 bridgehead atoms. The SMILES string of the molecule is CC(=O)N(c1ccccc1)c1nc(C[NH2+][C@H](c2ccc(C(C)C)cc2)C(C)C)cs1. The maximum Gasteiger partial charge on any atom is 0.230 e. The van der Waals surface area contributed by atoms with Gasteiger partial charge in [0.1, 0.15) is 18.3 Å². The summed E-state index contributed by atoms with van der Waals surface area (Å²) in [6.07, 6.45) is 0. The number of anilines is 2. The first kappa shape index (κ1) is 22.2. The van der Waals surface area contributed by atoms with Crippen LogP contribution in [0.4, 0.5) is 10.8 Å². The second-order valence-electron chi connectivity index (χ2n) is 8.34. The molecule has 0 spiro atoms. The fourth-order valence-corrected chi connectivity index (χ4v) is 4.54. The van der Waals surface area contributed by atoms with E-state index in [0.29, 0.717) is 17.9 Å². The Balaban J connectivity index is 1.73. The van der Waals surface area contributed by atoms with Crippen LogP contribution >= 0.6 is 11.3 Å². The van der Waals surface area contributed by atoms with Crippen LogP contribution in [0.3, 0.4) is 0 Å². The molecule has 3 rings (SSSR count). The number of carbonyl (C=O) groups is 1. The molecule has 0 aliphatic carbocycles. The first-order chi connectivity index (χ1) is 14.4. The third-order valence-electron chi connectivity index (χ3n) is 5.35. The molecule has 1 atom stereocenters. The second-order valence-corrected chi connectivity index (χ2v) is 9.18. The van der Waals surface area contributed by atoms with Crippen LogP contribution in [0.1, 0.15) is 63.4 Å². The van der Waals surface area contributed by atoms with Gasteiger partial charge < -0.3 is 5.32 Å². The molecule has 0 saturated heterocycles. The van der Waals surface area contributed by atoms with Gasteiger partial charge >= 0.3 is 0 Å². The minimum atomic E-state index is -0.0311. The minimum absolute atomic E-state index is 0.0311. The van der Waals surface area contributed by atoms with E-state index in [4.69, 9.17) is 4.98 Å². The van der Waals surface area contributed by atoms with E-state index in [1.807, 2.05) is 30.3 Å². The average molecular weight is 423 g/mol. The Kier molecular flexibility index (Phi) is 7.40.